The Kier molecular flexibility index (Phi) is 4.27. The highest BCUT2D eigenvalue weighted by Crippen LogP contribution is 2.27. The van der Waals surface area contributed by atoms with Gasteiger partial charge in [-0.3, -0.25) is 4.79 Å². The minimum absolute atomic E-state index is 0.119. The van der Waals surface area contributed by atoms with Crippen LogP contribution < -0.4 is 16.0 Å². The van der Waals surface area contributed by atoms with E-state index in [2.05, 4.69) is 10.2 Å². The zero-order valence-electron chi connectivity index (χ0n) is 11.5. The summed E-state index contributed by atoms with van der Waals surface area (Å²) in [7, 11) is 3.65. The van der Waals surface area contributed by atoms with Gasteiger partial charge in [0.25, 0.3) is 5.91 Å². The van der Waals surface area contributed by atoms with Crippen molar-refractivity contribution in [1.29, 1.82) is 0 Å². The average molecular weight is 263 g/mol. The highest BCUT2D eigenvalue weighted by atomic mass is 16.5. The smallest absolute Gasteiger partial charge is 0.251 e. The van der Waals surface area contributed by atoms with E-state index in [0.717, 1.165) is 31.7 Å². The summed E-state index contributed by atoms with van der Waals surface area (Å²) < 4.78 is 5.37. The fourth-order valence-corrected chi connectivity index (χ4v) is 2.43. The monoisotopic (exact) mass is 263 g/mol. The lowest BCUT2D eigenvalue weighted by Crippen LogP contribution is -2.37. The van der Waals surface area contributed by atoms with Crippen LogP contribution in [0.1, 0.15) is 23.2 Å². The minimum atomic E-state index is -0.119. The molecule has 1 amide bonds. The van der Waals surface area contributed by atoms with Gasteiger partial charge in [0.05, 0.1) is 11.4 Å². The molecule has 1 heterocycles. The molecular weight excluding hydrogens is 242 g/mol. The van der Waals surface area contributed by atoms with Gasteiger partial charge in [-0.25, -0.2) is 0 Å². The zero-order chi connectivity index (χ0) is 13.8. The predicted octanol–water partition coefficient (Wildman–Crippen LogP) is 1.24. The number of carbonyl (C=O) groups excluding carboxylic acids is 1. The second-order valence-electron chi connectivity index (χ2n) is 4.81. The van der Waals surface area contributed by atoms with Gasteiger partial charge in [0.15, 0.2) is 0 Å². The number of ether oxygens (including phenoxy) is 1. The predicted molar refractivity (Wildman–Crippen MR) is 76.5 cm³/mol. The maximum absolute atomic E-state index is 11.6. The first-order chi connectivity index (χ1) is 9.13. The standard InChI is InChI=1S/C14H21N3O2/c1-16-14(18)10-3-4-13(12(15)9-10)17(2)11-5-7-19-8-6-11/h3-4,9,11H,5-8,15H2,1-2H3,(H,16,18). The van der Waals surface area contributed by atoms with Crippen molar-refractivity contribution in [3.05, 3.63) is 23.8 Å². The first-order valence-corrected chi connectivity index (χ1v) is 6.55. The van der Waals surface area contributed by atoms with Crippen LogP contribution in [-0.4, -0.2) is 39.3 Å². The van der Waals surface area contributed by atoms with Gasteiger partial charge in [-0.05, 0) is 31.0 Å². The normalized spacial score (nSPS) is 16.1. The highest BCUT2D eigenvalue weighted by molar-refractivity contribution is 5.96. The number of nitrogens with two attached hydrogens (primary N) is 1. The van der Waals surface area contributed by atoms with Crippen molar-refractivity contribution < 1.29 is 9.53 Å². The van der Waals surface area contributed by atoms with Gasteiger partial charge < -0.3 is 20.7 Å². The first kappa shape index (κ1) is 13.7. The second-order valence-corrected chi connectivity index (χ2v) is 4.81. The van der Waals surface area contributed by atoms with E-state index >= 15 is 0 Å². The number of hydrogen-bond acceptors (Lipinski definition) is 4. The van der Waals surface area contributed by atoms with Crippen molar-refractivity contribution in [3.8, 4) is 0 Å². The number of nitrogens with zero attached hydrogens (tertiary/aromatic N) is 1. The summed E-state index contributed by atoms with van der Waals surface area (Å²) >= 11 is 0. The molecule has 5 nitrogen and oxygen atoms in total. The van der Waals surface area contributed by atoms with Gasteiger partial charge in [0.1, 0.15) is 0 Å². The van der Waals surface area contributed by atoms with Crippen molar-refractivity contribution in [1.82, 2.24) is 5.32 Å². The second kappa shape index (κ2) is 5.93. The van der Waals surface area contributed by atoms with Crippen LogP contribution in [0, 0.1) is 0 Å². The summed E-state index contributed by atoms with van der Waals surface area (Å²) in [6.07, 6.45) is 2.01. The third-order valence-electron chi connectivity index (χ3n) is 3.64. The SMILES string of the molecule is CNC(=O)c1ccc(N(C)C2CCOCC2)c(N)c1. The fraction of sp³-hybridized carbons (Fsp3) is 0.500. The van der Waals surface area contributed by atoms with Crippen LogP contribution in [0.4, 0.5) is 11.4 Å². The summed E-state index contributed by atoms with van der Waals surface area (Å²) in [4.78, 5) is 13.7. The first-order valence-electron chi connectivity index (χ1n) is 6.55. The molecule has 3 N–H and O–H groups in total. The molecule has 0 bridgehead atoms. The molecule has 0 aliphatic carbocycles. The average Bonchev–Trinajstić information content (AvgIpc) is 2.46. The van der Waals surface area contributed by atoms with Crippen molar-refractivity contribution in [2.24, 2.45) is 0 Å². The van der Waals surface area contributed by atoms with Crippen LogP contribution in [0.25, 0.3) is 0 Å². The highest BCUT2D eigenvalue weighted by Gasteiger charge is 2.20. The zero-order valence-corrected chi connectivity index (χ0v) is 11.5. The Bertz CT molecular complexity index is 456. The van der Waals surface area contributed by atoms with Gasteiger partial charge in [-0.15, -0.1) is 0 Å². The number of hydrogen-bond donors (Lipinski definition) is 2. The molecular formula is C14H21N3O2. The summed E-state index contributed by atoms with van der Waals surface area (Å²) in [5.41, 5.74) is 8.26. The number of nitrogens with one attached hydrogen (secondary N) is 1. The maximum atomic E-state index is 11.6. The third kappa shape index (κ3) is 2.98. The van der Waals surface area contributed by atoms with E-state index in [0.29, 0.717) is 17.3 Å². The lowest BCUT2D eigenvalue weighted by molar-refractivity contribution is 0.0855. The summed E-state index contributed by atoms with van der Waals surface area (Å²) in [5, 5.41) is 2.60. The molecule has 19 heavy (non-hydrogen) atoms. The fourth-order valence-electron chi connectivity index (χ4n) is 2.43. The number of anilines is 2. The Balaban J connectivity index is 2.17. The molecule has 5 heteroatoms. The van der Waals surface area contributed by atoms with Gasteiger partial charge in [0.2, 0.25) is 0 Å². The lowest BCUT2D eigenvalue weighted by atomic mass is 10.1. The van der Waals surface area contributed by atoms with Crippen LogP contribution in [0.5, 0.6) is 0 Å². The van der Waals surface area contributed by atoms with E-state index in [1.165, 1.54) is 0 Å². The largest absolute Gasteiger partial charge is 0.397 e. The number of amides is 1. The number of rotatable bonds is 3. The quantitative estimate of drug-likeness (QED) is 0.805. The van der Waals surface area contributed by atoms with E-state index in [1.54, 1.807) is 19.2 Å². The van der Waals surface area contributed by atoms with Gasteiger partial charge in [-0.1, -0.05) is 0 Å². The molecule has 0 atom stereocenters. The number of carbonyl (C=O) groups is 1. The summed E-state index contributed by atoms with van der Waals surface area (Å²) in [5.74, 6) is -0.119. The lowest BCUT2D eigenvalue weighted by Gasteiger charge is -2.33. The van der Waals surface area contributed by atoms with Crippen LogP contribution >= 0.6 is 0 Å². The topological polar surface area (TPSA) is 67.6 Å². The van der Waals surface area contributed by atoms with E-state index in [-0.39, 0.29) is 5.91 Å². The maximum Gasteiger partial charge on any atom is 0.251 e. The van der Waals surface area contributed by atoms with E-state index in [1.807, 2.05) is 13.1 Å². The molecule has 1 aromatic rings. The summed E-state index contributed by atoms with van der Waals surface area (Å²) in [6, 6.07) is 5.89. The Morgan fingerprint density at radius 2 is 2.11 bits per heavy atom. The van der Waals surface area contributed by atoms with Crippen LogP contribution in [0.15, 0.2) is 18.2 Å². The van der Waals surface area contributed by atoms with Crippen molar-refractivity contribution >= 4 is 17.3 Å². The van der Waals surface area contributed by atoms with E-state index < -0.39 is 0 Å². The van der Waals surface area contributed by atoms with Crippen LogP contribution in [-0.2, 0) is 4.74 Å². The van der Waals surface area contributed by atoms with Crippen LogP contribution in [0.3, 0.4) is 0 Å². The Labute approximate surface area is 113 Å². The minimum Gasteiger partial charge on any atom is -0.397 e. The molecule has 2 rings (SSSR count). The van der Waals surface area contributed by atoms with E-state index in [9.17, 15) is 4.79 Å². The number of nitrogen functional groups attached to an aromatic ring is 1. The van der Waals surface area contributed by atoms with Crippen molar-refractivity contribution in [2.75, 3.05) is 37.9 Å². The molecule has 0 radical (unpaired) electrons. The Morgan fingerprint density at radius 1 is 1.42 bits per heavy atom. The molecule has 104 valence electrons. The van der Waals surface area contributed by atoms with Crippen molar-refractivity contribution in [3.63, 3.8) is 0 Å². The van der Waals surface area contributed by atoms with Gasteiger partial charge in [0, 0.05) is 38.9 Å². The summed E-state index contributed by atoms with van der Waals surface area (Å²) in [6.45, 7) is 1.59. The van der Waals surface area contributed by atoms with Crippen LogP contribution in [0.2, 0.25) is 0 Å². The van der Waals surface area contributed by atoms with Gasteiger partial charge >= 0.3 is 0 Å². The molecule has 0 aromatic heterocycles. The van der Waals surface area contributed by atoms with E-state index in [4.69, 9.17) is 10.5 Å². The Hall–Kier alpha value is -1.75. The molecule has 1 aliphatic rings. The molecule has 1 aromatic carbocycles. The van der Waals surface area contributed by atoms with Gasteiger partial charge in [-0.2, -0.15) is 0 Å². The molecule has 0 spiro atoms. The Morgan fingerprint density at radius 3 is 2.68 bits per heavy atom. The van der Waals surface area contributed by atoms with Crippen molar-refractivity contribution in [2.45, 2.75) is 18.9 Å². The molecule has 1 fully saturated rings. The molecule has 1 saturated heterocycles. The molecule has 0 unspecified atom stereocenters. The molecule has 1 aliphatic heterocycles. The third-order valence-corrected chi connectivity index (χ3v) is 3.64. The number of benzene rings is 1. The molecule has 0 saturated carbocycles.